The van der Waals surface area contributed by atoms with E-state index < -0.39 is 0 Å². The Morgan fingerprint density at radius 2 is 2.06 bits per heavy atom. The van der Waals surface area contributed by atoms with Gasteiger partial charge in [0.05, 0.1) is 0 Å². The summed E-state index contributed by atoms with van der Waals surface area (Å²) in [7, 11) is 0. The fraction of sp³-hybridized carbons (Fsp3) is 1.00. The molecule has 2 heteroatoms. The summed E-state index contributed by atoms with van der Waals surface area (Å²) in [4.78, 5) is 0. The molecule has 1 fully saturated rings. The average Bonchev–Trinajstić information content (AvgIpc) is 2.29. The minimum atomic E-state index is 0.699. The molecule has 0 aromatic heterocycles. The number of rotatable bonds is 11. The standard InChI is InChI=1S/C15H31NO/c1-3-11-16-15(4-2)9-6-12-17-13-10-14-7-5-8-14/h14-16H,3-13H2,1-2H3. The van der Waals surface area contributed by atoms with Crippen molar-refractivity contribution in [1.29, 1.82) is 0 Å². The molecule has 1 unspecified atom stereocenters. The van der Waals surface area contributed by atoms with Crippen molar-refractivity contribution in [2.24, 2.45) is 5.92 Å². The van der Waals surface area contributed by atoms with Gasteiger partial charge in [0.25, 0.3) is 0 Å². The monoisotopic (exact) mass is 241 g/mol. The van der Waals surface area contributed by atoms with Gasteiger partial charge in [-0.1, -0.05) is 33.1 Å². The third-order valence-corrected chi connectivity index (χ3v) is 3.91. The molecule has 1 atom stereocenters. The summed E-state index contributed by atoms with van der Waals surface area (Å²) < 4.78 is 5.71. The van der Waals surface area contributed by atoms with Gasteiger partial charge in [-0.15, -0.1) is 0 Å². The largest absolute Gasteiger partial charge is 0.381 e. The SMILES string of the molecule is CCCNC(CC)CCCOCCC1CCC1. The highest BCUT2D eigenvalue weighted by atomic mass is 16.5. The first-order valence-corrected chi connectivity index (χ1v) is 7.68. The summed E-state index contributed by atoms with van der Waals surface area (Å²) in [5.74, 6) is 0.990. The molecule has 1 N–H and O–H groups in total. The van der Waals surface area contributed by atoms with Crippen LogP contribution in [0.15, 0.2) is 0 Å². The Hall–Kier alpha value is -0.0800. The average molecular weight is 241 g/mol. The second-order valence-corrected chi connectivity index (χ2v) is 5.40. The first-order chi connectivity index (χ1) is 8.36. The van der Waals surface area contributed by atoms with Crippen LogP contribution in [0.25, 0.3) is 0 Å². The van der Waals surface area contributed by atoms with Crippen LogP contribution in [0.4, 0.5) is 0 Å². The molecule has 1 aliphatic carbocycles. The van der Waals surface area contributed by atoms with Crippen LogP contribution in [0.5, 0.6) is 0 Å². The molecule has 0 amide bonds. The molecule has 0 saturated heterocycles. The molecule has 2 nitrogen and oxygen atoms in total. The quantitative estimate of drug-likeness (QED) is 0.556. The van der Waals surface area contributed by atoms with E-state index in [0.717, 1.165) is 25.7 Å². The van der Waals surface area contributed by atoms with Crippen molar-refractivity contribution < 1.29 is 4.74 Å². The maximum atomic E-state index is 5.71. The molecular weight excluding hydrogens is 210 g/mol. The molecule has 102 valence electrons. The molecule has 0 aromatic carbocycles. The topological polar surface area (TPSA) is 21.3 Å². The Kier molecular flexibility index (Phi) is 8.72. The molecule has 0 aromatic rings. The lowest BCUT2D eigenvalue weighted by molar-refractivity contribution is 0.102. The van der Waals surface area contributed by atoms with Gasteiger partial charge in [-0.3, -0.25) is 0 Å². The Balaban J connectivity index is 1.83. The molecule has 0 bridgehead atoms. The summed E-state index contributed by atoms with van der Waals surface area (Å²) in [6.07, 6.45) is 10.6. The lowest BCUT2D eigenvalue weighted by Crippen LogP contribution is -2.29. The smallest absolute Gasteiger partial charge is 0.0468 e. The zero-order valence-electron chi connectivity index (χ0n) is 11.8. The molecule has 0 spiro atoms. The molecule has 0 radical (unpaired) electrons. The van der Waals surface area contributed by atoms with Gasteiger partial charge >= 0.3 is 0 Å². The van der Waals surface area contributed by atoms with Crippen LogP contribution in [0.3, 0.4) is 0 Å². The third kappa shape index (κ3) is 7.05. The van der Waals surface area contributed by atoms with Gasteiger partial charge in [-0.05, 0) is 44.6 Å². The van der Waals surface area contributed by atoms with Crippen molar-refractivity contribution in [1.82, 2.24) is 5.32 Å². The van der Waals surface area contributed by atoms with E-state index in [1.165, 1.54) is 51.4 Å². The Labute approximate surface area is 108 Å². The second kappa shape index (κ2) is 9.90. The zero-order valence-corrected chi connectivity index (χ0v) is 11.8. The first kappa shape index (κ1) is 15.0. The van der Waals surface area contributed by atoms with E-state index in [1.54, 1.807) is 0 Å². The Morgan fingerprint density at radius 1 is 1.24 bits per heavy atom. The molecule has 17 heavy (non-hydrogen) atoms. The van der Waals surface area contributed by atoms with E-state index in [9.17, 15) is 0 Å². The molecular formula is C15H31NO. The summed E-state index contributed by atoms with van der Waals surface area (Å²) in [5.41, 5.74) is 0. The number of nitrogens with one attached hydrogen (secondary N) is 1. The van der Waals surface area contributed by atoms with Crippen LogP contribution in [0, 0.1) is 5.92 Å². The van der Waals surface area contributed by atoms with E-state index in [1.807, 2.05) is 0 Å². The fourth-order valence-electron chi connectivity index (χ4n) is 2.36. The van der Waals surface area contributed by atoms with Crippen molar-refractivity contribution in [3.63, 3.8) is 0 Å². The lowest BCUT2D eigenvalue weighted by atomic mass is 9.83. The van der Waals surface area contributed by atoms with Crippen LogP contribution >= 0.6 is 0 Å². The fourth-order valence-corrected chi connectivity index (χ4v) is 2.36. The van der Waals surface area contributed by atoms with Crippen LogP contribution in [-0.4, -0.2) is 25.8 Å². The molecule has 1 rings (SSSR count). The van der Waals surface area contributed by atoms with Gasteiger partial charge in [0.1, 0.15) is 0 Å². The predicted octanol–water partition coefficient (Wildman–Crippen LogP) is 3.75. The van der Waals surface area contributed by atoms with E-state index >= 15 is 0 Å². The van der Waals surface area contributed by atoms with Crippen molar-refractivity contribution in [2.45, 2.75) is 71.3 Å². The van der Waals surface area contributed by atoms with Gasteiger partial charge in [0.15, 0.2) is 0 Å². The first-order valence-electron chi connectivity index (χ1n) is 7.68. The Bertz CT molecular complexity index is 168. The van der Waals surface area contributed by atoms with Crippen molar-refractivity contribution >= 4 is 0 Å². The zero-order chi connectivity index (χ0) is 12.3. The summed E-state index contributed by atoms with van der Waals surface area (Å²) in [6.45, 7) is 7.59. The van der Waals surface area contributed by atoms with Crippen molar-refractivity contribution in [2.75, 3.05) is 19.8 Å². The Morgan fingerprint density at radius 3 is 2.65 bits per heavy atom. The maximum absolute atomic E-state index is 5.71. The van der Waals surface area contributed by atoms with Crippen LogP contribution in [-0.2, 0) is 4.74 Å². The van der Waals surface area contributed by atoms with Crippen molar-refractivity contribution in [3.8, 4) is 0 Å². The van der Waals surface area contributed by atoms with Gasteiger partial charge in [0, 0.05) is 19.3 Å². The summed E-state index contributed by atoms with van der Waals surface area (Å²) in [6, 6.07) is 0.699. The second-order valence-electron chi connectivity index (χ2n) is 5.40. The van der Waals surface area contributed by atoms with E-state index in [2.05, 4.69) is 19.2 Å². The van der Waals surface area contributed by atoms with E-state index in [-0.39, 0.29) is 0 Å². The number of hydrogen-bond donors (Lipinski definition) is 1. The number of ether oxygens (including phenoxy) is 1. The molecule has 0 heterocycles. The predicted molar refractivity (Wildman–Crippen MR) is 74.4 cm³/mol. The number of hydrogen-bond acceptors (Lipinski definition) is 2. The van der Waals surface area contributed by atoms with Gasteiger partial charge < -0.3 is 10.1 Å². The highest BCUT2D eigenvalue weighted by molar-refractivity contribution is 4.69. The highest BCUT2D eigenvalue weighted by Gasteiger charge is 2.16. The van der Waals surface area contributed by atoms with Gasteiger partial charge in [-0.2, -0.15) is 0 Å². The van der Waals surface area contributed by atoms with E-state index in [0.29, 0.717) is 6.04 Å². The highest BCUT2D eigenvalue weighted by Crippen LogP contribution is 2.29. The lowest BCUT2D eigenvalue weighted by Gasteiger charge is -2.24. The van der Waals surface area contributed by atoms with Gasteiger partial charge in [-0.25, -0.2) is 0 Å². The minimum Gasteiger partial charge on any atom is -0.381 e. The third-order valence-electron chi connectivity index (χ3n) is 3.91. The van der Waals surface area contributed by atoms with Crippen LogP contribution < -0.4 is 5.32 Å². The molecule has 1 saturated carbocycles. The molecule has 0 aliphatic heterocycles. The van der Waals surface area contributed by atoms with Crippen LogP contribution in [0.1, 0.15) is 65.2 Å². The molecule has 1 aliphatic rings. The minimum absolute atomic E-state index is 0.699. The summed E-state index contributed by atoms with van der Waals surface area (Å²) in [5, 5.41) is 3.59. The van der Waals surface area contributed by atoms with Gasteiger partial charge in [0.2, 0.25) is 0 Å². The van der Waals surface area contributed by atoms with Crippen molar-refractivity contribution in [3.05, 3.63) is 0 Å². The van der Waals surface area contributed by atoms with Crippen LogP contribution in [0.2, 0.25) is 0 Å². The maximum Gasteiger partial charge on any atom is 0.0468 e. The normalized spacial score (nSPS) is 18.0. The van der Waals surface area contributed by atoms with E-state index in [4.69, 9.17) is 4.74 Å². The summed E-state index contributed by atoms with van der Waals surface area (Å²) >= 11 is 0.